The van der Waals surface area contributed by atoms with Crippen LogP contribution in [-0.4, -0.2) is 11.8 Å². The zero-order valence-corrected chi connectivity index (χ0v) is 16.5. The second-order valence-corrected chi connectivity index (χ2v) is 7.17. The third-order valence-electron chi connectivity index (χ3n) is 3.30. The highest BCUT2D eigenvalue weighted by Crippen LogP contribution is 2.21. The summed E-state index contributed by atoms with van der Waals surface area (Å²) < 4.78 is 6.74. The van der Waals surface area contributed by atoms with E-state index in [0.29, 0.717) is 16.9 Å². The van der Waals surface area contributed by atoms with Crippen LogP contribution in [0, 0.1) is 3.57 Å². The van der Waals surface area contributed by atoms with Gasteiger partial charge in [0.05, 0.1) is 11.8 Å². The van der Waals surface area contributed by atoms with Gasteiger partial charge in [0.15, 0.2) is 5.76 Å². The SMILES string of the molecule is O=C(Nc1cccc(NC(=O)c2cc(Br)ccc2I)c1)c1ccco1. The van der Waals surface area contributed by atoms with Gasteiger partial charge in [0.25, 0.3) is 11.8 Å². The van der Waals surface area contributed by atoms with Gasteiger partial charge in [-0.25, -0.2) is 0 Å². The second-order valence-electron chi connectivity index (χ2n) is 5.09. The molecule has 3 aromatic rings. The summed E-state index contributed by atoms with van der Waals surface area (Å²) in [6.07, 6.45) is 1.44. The summed E-state index contributed by atoms with van der Waals surface area (Å²) in [7, 11) is 0. The fourth-order valence-electron chi connectivity index (χ4n) is 2.15. The van der Waals surface area contributed by atoms with Gasteiger partial charge in [0.1, 0.15) is 0 Å². The lowest BCUT2D eigenvalue weighted by molar-refractivity contribution is 0.0995. The maximum Gasteiger partial charge on any atom is 0.291 e. The number of hydrogen-bond donors (Lipinski definition) is 2. The van der Waals surface area contributed by atoms with Gasteiger partial charge in [-0.1, -0.05) is 22.0 Å². The van der Waals surface area contributed by atoms with E-state index >= 15 is 0 Å². The number of hydrogen-bond acceptors (Lipinski definition) is 3. The van der Waals surface area contributed by atoms with E-state index < -0.39 is 0 Å². The summed E-state index contributed by atoms with van der Waals surface area (Å²) in [6.45, 7) is 0. The second kappa shape index (κ2) is 7.83. The van der Waals surface area contributed by atoms with E-state index in [4.69, 9.17) is 4.42 Å². The van der Waals surface area contributed by atoms with Crippen LogP contribution in [0.15, 0.2) is 69.8 Å². The minimum absolute atomic E-state index is 0.220. The van der Waals surface area contributed by atoms with E-state index in [0.717, 1.165) is 8.04 Å². The summed E-state index contributed by atoms with van der Waals surface area (Å²) in [5.41, 5.74) is 1.71. The number of rotatable bonds is 4. The molecule has 0 aliphatic rings. The van der Waals surface area contributed by atoms with Crippen molar-refractivity contribution in [3.05, 3.63) is 80.2 Å². The highest BCUT2D eigenvalue weighted by Gasteiger charge is 2.12. The Bertz CT molecular complexity index is 926. The number of furan rings is 1. The lowest BCUT2D eigenvalue weighted by Crippen LogP contribution is -2.14. The van der Waals surface area contributed by atoms with Crippen molar-refractivity contribution in [3.8, 4) is 0 Å². The zero-order valence-electron chi connectivity index (χ0n) is 12.8. The van der Waals surface area contributed by atoms with Crippen molar-refractivity contribution in [1.82, 2.24) is 0 Å². The van der Waals surface area contributed by atoms with E-state index in [1.165, 1.54) is 6.26 Å². The molecule has 0 radical (unpaired) electrons. The Morgan fingerprint density at radius 3 is 2.32 bits per heavy atom. The molecule has 7 heteroatoms. The van der Waals surface area contributed by atoms with Gasteiger partial charge in [0.2, 0.25) is 0 Å². The zero-order chi connectivity index (χ0) is 17.8. The monoisotopic (exact) mass is 510 g/mol. The van der Waals surface area contributed by atoms with Gasteiger partial charge in [-0.15, -0.1) is 0 Å². The summed E-state index contributed by atoms with van der Waals surface area (Å²) in [5, 5.41) is 5.56. The Hall–Kier alpha value is -2.13. The molecule has 126 valence electrons. The van der Waals surface area contributed by atoms with E-state index in [1.54, 1.807) is 42.5 Å². The minimum atomic E-state index is -0.352. The standard InChI is InChI=1S/C18H12BrIN2O3/c19-11-6-7-15(20)14(9-11)17(23)21-12-3-1-4-13(10-12)22-18(24)16-5-2-8-25-16/h1-10H,(H,21,23)(H,22,24). The van der Waals surface area contributed by atoms with Gasteiger partial charge < -0.3 is 15.1 Å². The van der Waals surface area contributed by atoms with E-state index in [2.05, 4.69) is 49.2 Å². The maximum atomic E-state index is 12.5. The molecule has 0 unspecified atom stereocenters. The van der Waals surface area contributed by atoms with Crippen molar-refractivity contribution in [3.63, 3.8) is 0 Å². The van der Waals surface area contributed by atoms with Gasteiger partial charge >= 0.3 is 0 Å². The third kappa shape index (κ3) is 4.49. The molecule has 0 bridgehead atoms. The molecule has 2 amide bonds. The molecule has 0 spiro atoms. The van der Waals surface area contributed by atoms with Crippen molar-refractivity contribution < 1.29 is 14.0 Å². The predicted octanol–water partition coefficient (Wildman–Crippen LogP) is 5.15. The Kier molecular flexibility index (Phi) is 5.54. The Morgan fingerprint density at radius 2 is 1.64 bits per heavy atom. The van der Waals surface area contributed by atoms with Crippen molar-refractivity contribution in [2.75, 3.05) is 10.6 Å². The van der Waals surface area contributed by atoms with Crippen LogP contribution in [0.3, 0.4) is 0 Å². The first kappa shape index (κ1) is 17.7. The molecule has 25 heavy (non-hydrogen) atoms. The molecule has 0 aliphatic carbocycles. The van der Waals surface area contributed by atoms with Crippen LogP contribution in [0.1, 0.15) is 20.9 Å². The lowest BCUT2D eigenvalue weighted by atomic mass is 10.2. The highest BCUT2D eigenvalue weighted by molar-refractivity contribution is 14.1. The van der Waals surface area contributed by atoms with Crippen molar-refractivity contribution in [2.45, 2.75) is 0 Å². The summed E-state index contributed by atoms with van der Waals surface area (Å²) in [6, 6.07) is 15.7. The van der Waals surface area contributed by atoms with Gasteiger partial charge in [-0.3, -0.25) is 9.59 Å². The molecule has 1 heterocycles. The lowest BCUT2D eigenvalue weighted by Gasteiger charge is -2.09. The fraction of sp³-hybridized carbons (Fsp3) is 0. The smallest absolute Gasteiger partial charge is 0.291 e. The molecule has 0 saturated heterocycles. The maximum absolute atomic E-state index is 12.5. The number of nitrogens with one attached hydrogen (secondary N) is 2. The van der Waals surface area contributed by atoms with Gasteiger partial charge in [0, 0.05) is 19.4 Å². The van der Waals surface area contributed by atoms with E-state index in [9.17, 15) is 9.59 Å². The molecule has 5 nitrogen and oxygen atoms in total. The molecule has 2 N–H and O–H groups in total. The largest absolute Gasteiger partial charge is 0.459 e. The van der Waals surface area contributed by atoms with Crippen LogP contribution >= 0.6 is 38.5 Å². The average molecular weight is 511 g/mol. The highest BCUT2D eigenvalue weighted by atomic mass is 127. The molecule has 1 aromatic heterocycles. The van der Waals surface area contributed by atoms with Crippen molar-refractivity contribution in [2.24, 2.45) is 0 Å². The summed E-state index contributed by atoms with van der Waals surface area (Å²) in [5.74, 6) is -0.353. The van der Waals surface area contributed by atoms with Crippen LogP contribution in [0.4, 0.5) is 11.4 Å². The molecule has 3 rings (SSSR count). The molecular weight excluding hydrogens is 499 g/mol. The van der Waals surface area contributed by atoms with Crippen molar-refractivity contribution >= 4 is 61.7 Å². The number of carbonyl (C=O) groups excluding carboxylic acids is 2. The molecular formula is C18H12BrIN2O3. The number of anilines is 2. The van der Waals surface area contributed by atoms with Crippen LogP contribution in [0.5, 0.6) is 0 Å². The Labute approximate surface area is 166 Å². The van der Waals surface area contributed by atoms with Crippen molar-refractivity contribution in [1.29, 1.82) is 0 Å². The quantitative estimate of drug-likeness (QED) is 0.477. The first-order valence-electron chi connectivity index (χ1n) is 7.24. The fourth-order valence-corrected chi connectivity index (χ4v) is 3.09. The number of benzene rings is 2. The summed E-state index contributed by atoms with van der Waals surface area (Å²) in [4.78, 5) is 24.5. The molecule has 0 aliphatic heterocycles. The van der Waals surface area contributed by atoms with E-state index in [-0.39, 0.29) is 17.6 Å². The van der Waals surface area contributed by atoms with Crippen LogP contribution in [0.25, 0.3) is 0 Å². The minimum Gasteiger partial charge on any atom is -0.459 e. The number of halogens is 2. The Balaban J connectivity index is 1.74. The normalized spacial score (nSPS) is 10.3. The number of carbonyl (C=O) groups is 2. The molecule has 0 atom stereocenters. The molecule has 0 fully saturated rings. The predicted molar refractivity (Wildman–Crippen MR) is 108 cm³/mol. The third-order valence-corrected chi connectivity index (χ3v) is 4.73. The first-order valence-corrected chi connectivity index (χ1v) is 9.11. The van der Waals surface area contributed by atoms with Gasteiger partial charge in [-0.2, -0.15) is 0 Å². The van der Waals surface area contributed by atoms with Crippen LogP contribution in [-0.2, 0) is 0 Å². The van der Waals surface area contributed by atoms with E-state index in [1.807, 2.05) is 12.1 Å². The molecule has 0 saturated carbocycles. The number of amides is 2. The first-order chi connectivity index (χ1) is 12.0. The van der Waals surface area contributed by atoms with Gasteiger partial charge in [-0.05, 0) is 71.1 Å². The summed E-state index contributed by atoms with van der Waals surface area (Å²) >= 11 is 5.48. The van der Waals surface area contributed by atoms with Crippen LogP contribution in [0.2, 0.25) is 0 Å². The molecule has 2 aromatic carbocycles. The topological polar surface area (TPSA) is 71.3 Å². The van der Waals surface area contributed by atoms with Crippen LogP contribution < -0.4 is 10.6 Å². The average Bonchev–Trinajstić information content (AvgIpc) is 3.12. The Morgan fingerprint density at radius 1 is 0.920 bits per heavy atom.